The molecule has 6 nitrogen and oxygen atoms in total. The van der Waals surface area contributed by atoms with E-state index in [0.29, 0.717) is 22.3 Å². The molecule has 156 valence electrons. The number of ketones is 1. The topological polar surface area (TPSA) is 69.9 Å². The number of aromatic nitrogens is 4. The highest BCUT2D eigenvalue weighted by Crippen LogP contribution is 2.30. The first-order valence-electron chi connectivity index (χ1n) is 9.50. The number of aryl methyl sites for hydroxylation is 1. The van der Waals surface area contributed by atoms with Gasteiger partial charge in [0.25, 0.3) is 0 Å². The molecule has 0 spiro atoms. The van der Waals surface area contributed by atoms with Crippen LogP contribution in [0.2, 0.25) is 0 Å². The van der Waals surface area contributed by atoms with Crippen molar-refractivity contribution in [1.29, 1.82) is 0 Å². The van der Waals surface area contributed by atoms with Crippen LogP contribution in [-0.2, 0) is 0 Å². The standard InChI is InChI=1S/C23H19BrN4O2S/c1-15-6-3-4-8-19(15)28-22(17-7-5-11-25-13-17)26-27-23(28)31-14-20(29)16-9-10-21(30-2)18(24)12-16/h3-13H,14H2,1-2H3. The average Bonchev–Trinajstić information content (AvgIpc) is 3.22. The summed E-state index contributed by atoms with van der Waals surface area (Å²) < 4.78 is 7.96. The molecule has 31 heavy (non-hydrogen) atoms. The average molecular weight is 495 g/mol. The third-order valence-corrected chi connectivity index (χ3v) is 6.26. The molecule has 0 saturated carbocycles. The monoisotopic (exact) mass is 494 g/mol. The van der Waals surface area contributed by atoms with E-state index in [0.717, 1.165) is 21.3 Å². The third-order valence-electron chi connectivity index (χ3n) is 4.72. The number of nitrogens with zero attached hydrogens (tertiary/aromatic N) is 4. The van der Waals surface area contributed by atoms with E-state index >= 15 is 0 Å². The maximum atomic E-state index is 12.8. The first kappa shape index (κ1) is 21.3. The molecule has 0 saturated heterocycles. The molecular weight excluding hydrogens is 476 g/mol. The van der Waals surface area contributed by atoms with Gasteiger partial charge in [0.15, 0.2) is 16.8 Å². The van der Waals surface area contributed by atoms with Crippen molar-refractivity contribution < 1.29 is 9.53 Å². The van der Waals surface area contributed by atoms with E-state index in [1.807, 2.05) is 47.9 Å². The number of para-hydroxylation sites is 1. The van der Waals surface area contributed by atoms with Gasteiger partial charge in [-0.25, -0.2) is 0 Å². The Morgan fingerprint density at radius 3 is 2.68 bits per heavy atom. The molecule has 0 atom stereocenters. The number of pyridine rings is 1. The van der Waals surface area contributed by atoms with Crippen LogP contribution in [0.15, 0.2) is 76.6 Å². The number of thioether (sulfide) groups is 1. The fraction of sp³-hybridized carbons (Fsp3) is 0.130. The number of carbonyl (C=O) groups is 1. The zero-order valence-corrected chi connectivity index (χ0v) is 19.4. The normalized spacial score (nSPS) is 10.8. The largest absolute Gasteiger partial charge is 0.496 e. The number of carbonyl (C=O) groups excluding carboxylic acids is 1. The Hall–Kier alpha value is -2.97. The van der Waals surface area contributed by atoms with Crippen LogP contribution in [0.3, 0.4) is 0 Å². The molecule has 2 aromatic heterocycles. The summed E-state index contributed by atoms with van der Waals surface area (Å²) in [6.45, 7) is 2.04. The summed E-state index contributed by atoms with van der Waals surface area (Å²) in [6.07, 6.45) is 3.48. The van der Waals surface area contributed by atoms with Gasteiger partial charge in [-0.1, -0.05) is 30.0 Å². The Morgan fingerprint density at radius 2 is 1.97 bits per heavy atom. The molecule has 0 radical (unpaired) electrons. The number of Topliss-reactive ketones (excluding diaryl/α,β-unsaturated/α-hetero) is 1. The van der Waals surface area contributed by atoms with Gasteiger partial charge in [-0.15, -0.1) is 10.2 Å². The Balaban J connectivity index is 1.66. The van der Waals surface area contributed by atoms with E-state index < -0.39 is 0 Å². The van der Waals surface area contributed by atoms with Crippen LogP contribution in [0.5, 0.6) is 5.75 Å². The quantitative estimate of drug-likeness (QED) is 0.253. The molecule has 2 heterocycles. The van der Waals surface area contributed by atoms with Gasteiger partial charge in [-0.3, -0.25) is 14.3 Å². The lowest BCUT2D eigenvalue weighted by atomic mass is 10.1. The highest BCUT2D eigenvalue weighted by Gasteiger charge is 2.19. The first-order valence-corrected chi connectivity index (χ1v) is 11.3. The molecule has 0 aliphatic heterocycles. The van der Waals surface area contributed by atoms with Crippen LogP contribution in [0, 0.1) is 6.92 Å². The summed E-state index contributed by atoms with van der Waals surface area (Å²) in [5.41, 5.74) is 3.51. The number of halogens is 1. The summed E-state index contributed by atoms with van der Waals surface area (Å²) in [4.78, 5) is 17.0. The van der Waals surface area contributed by atoms with Crippen LogP contribution in [0.4, 0.5) is 0 Å². The van der Waals surface area contributed by atoms with E-state index in [1.165, 1.54) is 11.8 Å². The van der Waals surface area contributed by atoms with E-state index in [9.17, 15) is 4.79 Å². The number of methoxy groups -OCH3 is 1. The number of hydrogen-bond donors (Lipinski definition) is 0. The van der Waals surface area contributed by atoms with Crippen molar-refractivity contribution in [3.8, 4) is 22.8 Å². The highest BCUT2D eigenvalue weighted by molar-refractivity contribution is 9.10. The highest BCUT2D eigenvalue weighted by atomic mass is 79.9. The molecule has 4 aromatic rings. The van der Waals surface area contributed by atoms with Gasteiger partial charge in [-0.05, 0) is 64.8 Å². The van der Waals surface area contributed by atoms with Crippen molar-refractivity contribution in [2.75, 3.05) is 12.9 Å². The molecule has 0 aliphatic rings. The molecule has 0 amide bonds. The van der Waals surface area contributed by atoms with Gasteiger partial charge >= 0.3 is 0 Å². The maximum Gasteiger partial charge on any atom is 0.196 e. The third kappa shape index (κ3) is 4.55. The van der Waals surface area contributed by atoms with Crippen LogP contribution in [-0.4, -0.2) is 38.4 Å². The Bertz CT molecular complexity index is 1230. The van der Waals surface area contributed by atoms with Gasteiger partial charge in [-0.2, -0.15) is 0 Å². The van der Waals surface area contributed by atoms with Crippen molar-refractivity contribution in [1.82, 2.24) is 19.7 Å². The minimum atomic E-state index is -0.00406. The molecule has 4 rings (SSSR count). The smallest absolute Gasteiger partial charge is 0.196 e. The van der Waals surface area contributed by atoms with E-state index in [-0.39, 0.29) is 11.5 Å². The van der Waals surface area contributed by atoms with Crippen LogP contribution in [0.1, 0.15) is 15.9 Å². The van der Waals surface area contributed by atoms with Gasteiger partial charge in [0.05, 0.1) is 23.0 Å². The second-order valence-corrected chi connectivity index (χ2v) is 8.53. The second-order valence-electron chi connectivity index (χ2n) is 6.73. The summed E-state index contributed by atoms with van der Waals surface area (Å²) >= 11 is 4.79. The number of rotatable bonds is 7. The predicted molar refractivity (Wildman–Crippen MR) is 125 cm³/mol. The summed E-state index contributed by atoms with van der Waals surface area (Å²) in [6, 6.07) is 17.1. The van der Waals surface area contributed by atoms with Gasteiger partial charge in [0.2, 0.25) is 0 Å². The molecule has 0 aliphatic carbocycles. The molecule has 0 bridgehead atoms. The number of benzene rings is 2. The molecular formula is C23H19BrN4O2S. The van der Waals surface area contributed by atoms with Crippen molar-refractivity contribution in [2.24, 2.45) is 0 Å². The first-order chi connectivity index (χ1) is 15.1. The molecule has 8 heteroatoms. The molecule has 2 aromatic carbocycles. The zero-order valence-electron chi connectivity index (χ0n) is 16.9. The van der Waals surface area contributed by atoms with Gasteiger partial charge in [0, 0.05) is 23.5 Å². The summed E-state index contributed by atoms with van der Waals surface area (Å²) in [7, 11) is 1.59. The van der Waals surface area contributed by atoms with E-state index in [1.54, 1.807) is 37.7 Å². The van der Waals surface area contributed by atoms with Crippen LogP contribution >= 0.6 is 27.7 Å². The minimum absolute atomic E-state index is 0.00406. The SMILES string of the molecule is COc1ccc(C(=O)CSc2nnc(-c3cccnc3)n2-c2ccccc2C)cc1Br. The Kier molecular flexibility index (Phi) is 6.48. The van der Waals surface area contributed by atoms with Crippen molar-refractivity contribution in [3.05, 3.63) is 82.6 Å². The molecule has 0 unspecified atom stereocenters. The number of hydrogen-bond acceptors (Lipinski definition) is 6. The van der Waals surface area contributed by atoms with E-state index in [4.69, 9.17) is 4.74 Å². The minimum Gasteiger partial charge on any atom is -0.496 e. The van der Waals surface area contributed by atoms with E-state index in [2.05, 4.69) is 31.1 Å². The van der Waals surface area contributed by atoms with Crippen molar-refractivity contribution in [2.45, 2.75) is 12.1 Å². The van der Waals surface area contributed by atoms with Crippen molar-refractivity contribution in [3.63, 3.8) is 0 Å². The van der Waals surface area contributed by atoms with Gasteiger partial charge in [0.1, 0.15) is 5.75 Å². The van der Waals surface area contributed by atoms with Crippen molar-refractivity contribution >= 4 is 33.5 Å². The van der Waals surface area contributed by atoms with Gasteiger partial charge < -0.3 is 4.74 Å². The fourth-order valence-corrected chi connectivity index (χ4v) is 4.51. The Labute approximate surface area is 192 Å². The Morgan fingerprint density at radius 1 is 1.13 bits per heavy atom. The second kappa shape index (κ2) is 9.45. The molecule has 0 N–H and O–H groups in total. The zero-order chi connectivity index (χ0) is 21.8. The number of ether oxygens (including phenoxy) is 1. The maximum absolute atomic E-state index is 12.8. The molecule has 0 fully saturated rings. The lowest BCUT2D eigenvalue weighted by Gasteiger charge is -2.12. The summed E-state index contributed by atoms with van der Waals surface area (Å²) in [5, 5.41) is 9.44. The predicted octanol–water partition coefficient (Wildman–Crippen LogP) is 5.38. The fourth-order valence-electron chi connectivity index (χ4n) is 3.13. The lowest BCUT2D eigenvalue weighted by Crippen LogP contribution is -2.06. The lowest BCUT2D eigenvalue weighted by molar-refractivity contribution is 0.102. The van der Waals surface area contributed by atoms with Crippen LogP contribution in [0.25, 0.3) is 17.1 Å². The van der Waals surface area contributed by atoms with Crippen LogP contribution < -0.4 is 4.74 Å². The summed E-state index contributed by atoms with van der Waals surface area (Å²) in [5.74, 6) is 1.60.